The number of amides is 2. The Morgan fingerprint density at radius 2 is 1.71 bits per heavy atom. The lowest BCUT2D eigenvalue weighted by molar-refractivity contribution is -0.138. The monoisotopic (exact) mass is 299 g/mol. The van der Waals surface area contributed by atoms with Crippen LogP contribution in [0.5, 0.6) is 0 Å². The van der Waals surface area contributed by atoms with Gasteiger partial charge in [0.25, 0.3) is 0 Å². The van der Waals surface area contributed by atoms with E-state index >= 15 is 0 Å². The minimum absolute atomic E-state index is 0.0259. The molecular formula is C15H29N3O3. The van der Waals surface area contributed by atoms with Crippen LogP contribution in [0, 0.1) is 5.92 Å². The van der Waals surface area contributed by atoms with Crippen molar-refractivity contribution in [1.82, 2.24) is 15.1 Å². The Hall–Kier alpha value is -1.30. The van der Waals surface area contributed by atoms with Gasteiger partial charge >= 0.3 is 12.0 Å². The van der Waals surface area contributed by atoms with Crippen LogP contribution >= 0.6 is 0 Å². The number of rotatable bonds is 7. The average Bonchev–Trinajstić information content (AvgIpc) is 2.38. The second-order valence-corrected chi connectivity index (χ2v) is 6.33. The molecule has 1 heterocycles. The third-order valence-corrected chi connectivity index (χ3v) is 3.81. The first-order valence-electron chi connectivity index (χ1n) is 7.88. The van der Waals surface area contributed by atoms with E-state index in [2.05, 4.69) is 19.2 Å². The van der Waals surface area contributed by atoms with Gasteiger partial charge in [-0.1, -0.05) is 26.7 Å². The van der Waals surface area contributed by atoms with Gasteiger partial charge in [0, 0.05) is 32.2 Å². The highest BCUT2D eigenvalue weighted by Gasteiger charge is 2.22. The van der Waals surface area contributed by atoms with Crippen LogP contribution in [-0.4, -0.2) is 65.7 Å². The molecule has 1 aliphatic heterocycles. The van der Waals surface area contributed by atoms with Crippen LogP contribution in [0.1, 0.15) is 40.0 Å². The van der Waals surface area contributed by atoms with Gasteiger partial charge in [-0.25, -0.2) is 4.79 Å². The molecule has 1 saturated heterocycles. The standard InChI is InChI=1S/C15H29N3O3/c1-12(2)5-4-6-13(3)16-15(21)18-9-7-17(8-10-18)11-14(19)20/h12-13H,4-11H2,1-3H3,(H,16,21)(H,19,20). The molecule has 0 aromatic heterocycles. The molecule has 1 unspecified atom stereocenters. The molecule has 1 fully saturated rings. The number of nitrogens with zero attached hydrogens (tertiary/aromatic N) is 2. The van der Waals surface area contributed by atoms with Gasteiger partial charge < -0.3 is 15.3 Å². The Kier molecular flexibility index (Phi) is 7.50. The average molecular weight is 299 g/mol. The number of carboxylic acids is 1. The van der Waals surface area contributed by atoms with Crippen LogP contribution in [0.3, 0.4) is 0 Å². The van der Waals surface area contributed by atoms with Crippen molar-refractivity contribution >= 4 is 12.0 Å². The number of hydrogen-bond donors (Lipinski definition) is 2. The van der Waals surface area contributed by atoms with Crippen LogP contribution in [0.2, 0.25) is 0 Å². The maximum absolute atomic E-state index is 12.1. The van der Waals surface area contributed by atoms with Crippen LogP contribution in [-0.2, 0) is 4.79 Å². The van der Waals surface area contributed by atoms with Crippen molar-refractivity contribution in [2.75, 3.05) is 32.7 Å². The molecule has 0 radical (unpaired) electrons. The van der Waals surface area contributed by atoms with E-state index < -0.39 is 5.97 Å². The molecule has 1 rings (SSSR count). The van der Waals surface area contributed by atoms with E-state index in [1.165, 1.54) is 6.42 Å². The van der Waals surface area contributed by atoms with Crippen molar-refractivity contribution in [3.8, 4) is 0 Å². The third kappa shape index (κ3) is 7.32. The summed E-state index contributed by atoms with van der Waals surface area (Å²) in [5, 5.41) is 11.8. The minimum atomic E-state index is -0.813. The zero-order valence-electron chi connectivity index (χ0n) is 13.5. The van der Waals surface area contributed by atoms with Crippen molar-refractivity contribution in [3.05, 3.63) is 0 Å². The van der Waals surface area contributed by atoms with E-state index in [0.29, 0.717) is 32.1 Å². The van der Waals surface area contributed by atoms with Crippen molar-refractivity contribution in [1.29, 1.82) is 0 Å². The first-order valence-corrected chi connectivity index (χ1v) is 7.88. The summed E-state index contributed by atoms with van der Waals surface area (Å²) in [6.45, 7) is 8.96. The highest BCUT2D eigenvalue weighted by Crippen LogP contribution is 2.09. The molecule has 0 aliphatic carbocycles. The van der Waals surface area contributed by atoms with E-state index in [-0.39, 0.29) is 18.6 Å². The molecule has 0 saturated carbocycles. The van der Waals surface area contributed by atoms with Crippen LogP contribution < -0.4 is 5.32 Å². The zero-order chi connectivity index (χ0) is 15.8. The molecule has 122 valence electrons. The maximum atomic E-state index is 12.1. The number of carbonyl (C=O) groups is 2. The molecule has 0 bridgehead atoms. The molecular weight excluding hydrogens is 270 g/mol. The van der Waals surface area contributed by atoms with Gasteiger partial charge in [-0.3, -0.25) is 9.69 Å². The molecule has 0 aromatic rings. The Bertz CT molecular complexity index is 339. The Balaban J connectivity index is 2.22. The summed E-state index contributed by atoms with van der Waals surface area (Å²) >= 11 is 0. The number of carbonyl (C=O) groups excluding carboxylic acids is 1. The van der Waals surface area contributed by atoms with Gasteiger partial charge in [0.05, 0.1) is 6.54 Å². The highest BCUT2D eigenvalue weighted by atomic mass is 16.4. The molecule has 2 amide bonds. The van der Waals surface area contributed by atoms with Crippen molar-refractivity contribution in [2.45, 2.75) is 46.1 Å². The first kappa shape index (κ1) is 17.8. The normalized spacial score (nSPS) is 17.8. The Morgan fingerprint density at radius 1 is 1.10 bits per heavy atom. The molecule has 1 atom stereocenters. The molecule has 0 spiro atoms. The quantitative estimate of drug-likeness (QED) is 0.749. The molecule has 21 heavy (non-hydrogen) atoms. The molecule has 1 aliphatic rings. The lowest BCUT2D eigenvalue weighted by Crippen LogP contribution is -2.53. The van der Waals surface area contributed by atoms with Crippen molar-refractivity contribution in [2.24, 2.45) is 5.92 Å². The molecule has 6 heteroatoms. The van der Waals surface area contributed by atoms with E-state index in [4.69, 9.17) is 5.11 Å². The Morgan fingerprint density at radius 3 is 2.24 bits per heavy atom. The van der Waals surface area contributed by atoms with E-state index in [9.17, 15) is 9.59 Å². The summed E-state index contributed by atoms with van der Waals surface area (Å²) in [5.41, 5.74) is 0. The molecule has 6 nitrogen and oxygen atoms in total. The molecule has 2 N–H and O–H groups in total. The number of hydrogen-bond acceptors (Lipinski definition) is 3. The maximum Gasteiger partial charge on any atom is 0.317 e. The number of aliphatic carboxylic acids is 1. The van der Waals surface area contributed by atoms with Crippen LogP contribution in [0.4, 0.5) is 4.79 Å². The summed E-state index contributed by atoms with van der Waals surface area (Å²) in [5.74, 6) is -0.109. The number of nitrogens with one attached hydrogen (secondary N) is 1. The van der Waals surface area contributed by atoms with Crippen molar-refractivity contribution < 1.29 is 14.7 Å². The van der Waals surface area contributed by atoms with E-state index in [1.807, 2.05) is 11.8 Å². The fourth-order valence-corrected chi connectivity index (χ4v) is 2.51. The SMILES string of the molecule is CC(C)CCCC(C)NC(=O)N1CCN(CC(=O)O)CC1. The van der Waals surface area contributed by atoms with Gasteiger partial charge in [0.15, 0.2) is 0 Å². The second-order valence-electron chi connectivity index (χ2n) is 6.33. The number of urea groups is 1. The summed E-state index contributed by atoms with van der Waals surface area (Å²) in [6.07, 6.45) is 3.32. The topological polar surface area (TPSA) is 72.9 Å². The van der Waals surface area contributed by atoms with Gasteiger partial charge in [0.2, 0.25) is 0 Å². The lowest BCUT2D eigenvalue weighted by Gasteiger charge is -2.34. The van der Waals surface area contributed by atoms with Crippen LogP contribution in [0.15, 0.2) is 0 Å². The van der Waals surface area contributed by atoms with Gasteiger partial charge in [0.1, 0.15) is 0 Å². The number of carboxylic acid groups (broad SMARTS) is 1. The first-order chi connectivity index (χ1) is 9.88. The largest absolute Gasteiger partial charge is 0.480 e. The number of piperazine rings is 1. The summed E-state index contributed by atoms with van der Waals surface area (Å²) < 4.78 is 0. The summed E-state index contributed by atoms with van der Waals surface area (Å²) in [6, 6.07) is 0.162. The zero-order valence-corrected chi connectivity index (χ0v) is 13.5. The second kappa shape index (κ2) is 8.87. The Labute approximate surface area is 127 Å². The fraction of sp³-hybridized carbons (Fsp3) is 0.867. The smallest absolute Gasteiger partial charge is 0.317 e. The van der Waals surface area contributed by atoms with Gasteiger partial charge in [-0.2, -0.15) is 0 Å². The predicted octanol–water partition coefficient (Wildman–Crippen LogP) is 1.61. The lowest BCUT2D eigenvalue weighted by atomic mass is 10.0. The third-order valence-electron chi connectivity index (χ3n) is 3.81. The minimum Gasteiger partial charge on any atom is -0.480 e. The van der Waals surface area contributed by atoms with Crippen molar-refractivity contribution in [3.63, 3.8) is 0 Å². The predicted molar refractivity (Wildman–Crippen MR) is 82.3 cm³/mol. The fourth-order valence-electron chi connectivity index (χ4n) is 2.51. The summed E-state index contributed by atoms with van der Waals surface area (Å²) in [4.78, 5) is 26.4. The van der Waals surface area contributed by atoms with E-state index in [0.717, 1.165) is 12.8 Å². The highest BCUT2D eigenvalue weighted by molar-refractivity contribution is 5.74. The van der Waals surface area contributed by atoms with Crippen LogP contribution in [0.25, 0.3) is 0 Å². The van der Waals surface area contributed by atoms with E-state index in [1.54, 1.807) is 4.90 Å². The van der Waals surface area contributed by atoms with Gasteiger partial charge in [-0.15, -0.1) is 0 Å². The van der Waals surface area contributed by atoms with Gasteiger partial charge in [-0.05, 0) is 19.3 Å². The molecule has 0 aromatic carbocycles. The summed E-state index contributed by atoms with van der Waals surface area (Å²) in [7, 11) is 0.